The molecule has 3 rings (SSSR count). The lowest BCUT2D eigenvalue weighted by Crippen LogP contribution is -2.41. The Bertz CT molecular complexity index is 596. The topological polar surface area (TPSA) is 77.1 Å². The van der Waals surface area contributed by atoms with Crippen molar-refractivity contribution in [2.24, 2.45) is 5.92 Å². The minimum atomic E-state index is -0.455. The van der Waals surface area contributed by atoms with Gasteiger partial charge in [0, 0.05) is 32.0 Å². The molecule has 2 amide bonds. The highest BCUT2D eigenvalue weighted by Gasteiger charge is 2.31. The van der Waals surface area contributed by atoms with Crippen molar-refractivity contribution in [1.82, 2.24) is 10.2 Å². The standard InChI is InChI=1S/C20H28N2O5/c23-18(22-11-8-17(9-12-22)19-25-13-14-26-19)7-4-10-21-20(24)27-15-16-5-2-1-3-6-16/h1-3,5-6,17,19H,4,7-15H2,(H,21,24). The monoisotopic (exact) mass is 376 g/mol. The Morgan fingerprint density at radius 1 is 1.11 bits per heavy atom. The minimum absolute atomic E-state index is 0.0895. The molecule has 1 aromatic rings. The van der Waals surface area contributed by atoms with E-state index >= 15 is 0 Å². The van der Waals surface area contributed by atoms with Crippen LogP contribution in [0.4, 0.5) is 4.79 Å². The molecule has 0 spiro atoms. The Morgan fingerprint density at radius 2 is 1.81 bits per heavy atom. The molecule has 0 aliphatic carbocycles. The molecule has 2 aliphatic heterocycles. The molecule has 7 heteroatoms. The summed E-state index contributed by atoms with van der Waals surface area (Å²) in [4.78, 5) is 25.9. The van der Waals surface area contributed by atoms with Gasteiger partial charge in [-0.15, -0.1) is 0 Å². The molecule has 2 aliphatic rings. The number of nitrogens with one attached hydrogen (secondary N) is 1. The number of piperidine rings is 1. The zero-order valence-corrected chi connectivity index (χ0v) is 15.6. The molecule has 27 heavy (non-hydrogen) atoms. The molecule has 2 heterocycles. The van der Waals surface area contributed by atoms with Crippen molar-refractivity contribution in [3.63, 3.8) is 0 Å². The van der Waals surface area contributed by atoms with Crippen LogP contribution in [0.2, 0.25) is 0 Å². The molecule has 0 saturated carbocycles. The average Bonchev–Trinajstić information content (AvgIpc) is 3.25. The summed E-state index contributed by atoms with van der Waals surface area (Å²) >= 11 is 0. The summed E-state index contributed by atoms with van der Waals surface area (Å²) in [5, 5.41) is 2.69. The van der Waals surface area contributed by atoms with Crippen LogP contribution in [0.5, 0.6) is 0 Å². The zero-order chi connectivity index (χ0) is 18.9. The van der Waals surface area contributed by atoms with Gasteiger partial charge in [-0.2, -0.15) is 0 Å². The number of amides is 2. The van der Waals surface area contributed by atoms with E-state index in [1.54, 1.807) is 0 Å². The zero-order valence-electron chi connectivity index (χ0n) is 15.6. The van der Waals surface area contributed by atoms with Crippen LogP contribution in [-0.2, 0) is 25.6 Å². The van der Waals surface area contributed by atoms with Gasteiger partial charge in [-0.3, -0.25) is 4.79 Å². The van der Waals surface area contributed by atoms with Crippen molar-refractivity contribution < 1.29 is 23.8 Å². The number of nitrogens with zero attached hydrogens (tertiary/aromatic N) is 1. The van der Waals surface area contributed by atoms with Crippen molar-refractivity contribution in [3.8, 4) is 0 Å². The lowest BCUT2D eigenvalue weighted by molar-refractivity contribution is -0.136. The molecule has 1 aromatic carbocycles. The van der Waals surface area contributed by atoms with E-state index in [4.69, 9.17) is 14.2 Å². The Balaban J connectivity index is 1.25. The second-order valence-corrected chi connectivity index (χ2v) is 6.92. The number of alkyl carbamates (subject to hydrolysis) is 1. The fraction of sp³-hybridized carbons (Fsp3) is 0.600. The maximum absolute atomic E-state index is 12.3. The molecular formula is C20H28N2O5. The van der Waals surface area contributed by atoms with Gasteiger partial charge in [0.2, 0.25) is 5.91 Å². The summed E-state index contributed by atoms with van der Waals surface area (Å²) in [5.41, 5.74) is 0.944. The number of hydrogen-bond acceptors (Lipinski definition) is 5. The van der Waals surface area contributed by atoms with E-state index in [9.17, 15) is 9.59 Å². The molecule has 0 radical (unpaired) electrons. The molecule has 1 N–H and O–H groups in total. The first-order valence-corrected chi connectivity index (χ1v) is 9.68. The van der Waals surface area contributed by atoms with Gasteiger partial charge >= 0.3 is 6.09 Å². The van der Waals surface area contributed by atoms with Crippen LogP contribution in [0.25, 0.3) is 0 Å². The number of benzene rings is 1. The fourth-order valence-electron chi connectivity index (χ4n) is 3.43. The Morgan fingerprint density at radius 3 is 2.52 bits per heavy atom. The summed E-state index contributed by atoms with van der Waals surface area (Å²) in [6.45, 7) is 3.52. The van der Waals surface area contributed by atoms with Gasteiger partial charge in [0.25, 0.3) is 0 Å². The lowest BCUT2D eigenvalue weighted by atomic mass is 9.96. The molecule has 2 saturated heterocycles. The molecule has 7 nitrogen and oxygen atoms in total. The number of ether oxygens (including phenoxy) is 3. The molecule has 0 atom stereocenters. The normalized spacial score (nSPS) is 18.4. The molecular weight excluding hydrogens is 348 g/mol. The highest BCUT2D eigenvalue weighted by Crippen LogP contribution is 2.26. The summed E-state index contributed by atoms with van der Waals surface area (Å²) in [6.07, 6.45) is 2.33. The van der Waals surface area contributed by atoms with Gasteiger partial charge in [-0.05, 0) is 24.8 Å². The summed E-state index contributed by atoms with van der Waals surface area (Å²) in [7, 11) is 0. The molecule has 2 fully saturated rings. The second-order valence-electron chi connectivity index (χ2n) is 6.92. The van der Waals surface area contributed by atoms with Gasteiger partial charge in [0.05, 0.1) is 13.2 Å². The molecule has 0 unspecified atom stereocenters. The van der Waals surface area contributed by atoms with Crippen molar-refractivity contribution in [3.05, 3.63) is 35.9 Å². The van der Waals surface area contributed by atoms with Gasteiger partial charge in [-0.1, -0.05) is 30.3 Å². The summed E-state index contributed by atoms with van der Waals surface area (Å²) in [6, 6.07) is 9.52. The minimum Gasteiger partial charge on any atom is -0.445 e. The smallest absolute Gasteiger partial charge is 0.407 e. The highest BCUT2D eigenvalue weighted by atomic mass is 16.7. The maximum atomic E-state index is 12.3. The van der Waals surface area contributed by atoms with Crippen LogP contribution in [-0.4, -0.2) is 56.0 Å². The van der Waals surface area contributed by atoms with Crippen LogP contribution < -0.4 is 5.32 Å². The number of rotatable bonds is 7. The van der Waals surface area contributed by atoms with Crippen LogP contribution >= 0.6 is 0 Å². The Labute approximate surface area is 160 Å². The van der Waals surface area contributed by atoms with Gasteiger partial charge in [0.15, 0.2) is 6.29 Å². The van der Waals surface area contributed by atoms with Crippen molar-refractivity contribution in [1.29, 1.82) is 0 Å². The van der Waals surface area contributed by atoms with Gasteiger partial charge < -0.3 is 24.4 Å². The second kappa shape index (κ2) is 10.3. The highest BCUT2D eigenvalue weighted by molar-refractivity contribution is 5.76. The number of carbonyl (C=O) groups is 2. The Hall–Kier alpha value is -2.12. The number of likely N-dealkylation sites (tertiary alicyclic amines) is 1. The first-order valence-electron chi connectivity index (χ1n) is 9.68. The van der Waals surface area contributed by atoms with Crippen molar-refractivity contribution in [2.75, 3.05) is 32.8 Å². The van der Waals surface area contributed by atoms with Crippen LogP contribution in [0.15, 0.2) is 30.3 Å². The van der Waals surface area contributed by atoms with E-state index in [0.29, 0.717) is 38.5 Å². The number of carbonyl (C=O) groups excluding carboxylic acids is 2. The van der Waals surface area contributed by atoms with E-state index in [-0.39, 0.29) is 18.8 Å². The molecule has 148 valence electrons. The largest absolute Gasteiger partial charge is 0.445 e. The van der Waals surface area contributed by atoms with Crippen LogP contribution in [0.1, 0.15) is 31.2 Å². The van der Waals surface area contributed by atoms with Crippen LogP contribution in [0, 0.1) is 5.92 Å². The first kappa shape index (κ1) is 19.6. The third-order valence-electron chi connectivity index (χ3n) is 4.97. The summed E-state index contributed by atoms with van der Waals surface area (Å²) in [5.74, 6) is 0.527. The first-order chi connectivity index (χ1) is 13.2. The van der Waals surface area contributed by atoms with E-state index < -0.39 is 6.09 Å². The van der Waals surface area contributed by atoms with Crippen LogP contribution in [0.3, 0.4) is 0 Å². The van der Waals surface area contributed by atoms with Crippen molar-refractivity contribution in [2.45, 2.75) is 38.6 Å². The quantitative estimate of drug-likeness (QED) is 0.739. The third-order valence-corrected chi connectivity index (χ3v) is 4.97. The third kappa shape index (κ3) is 6.22. The van der Waals surface area contributed by atoms with E-state index in [1.165, 1.54) is 0 Å². The lowest BCUT2D eigenvalue weighted by Gasteiger charge is -2.34. The van der Waals surface area contributed by atoms with Crippen molar-refractivity contribution >= 4 is 12.0 Å². The van der Waals surface area contributed by atoms with Gasteiger partial charge in [0.1, 0.15) is 6.61 Å². The number of hydrogen-bond donors (Lipinski definition) is 1. The fourth-order valence-corrected chi connectivity index (χ4v) is 3.43. The SMILES string of the molecule is O=C(NCCCC(=O)N1CCC(C2OCCO2)CC1)OCc1ccccc1. The summed E-state index contributed by atoms with van der Waals surface area (Å²) < 4.78 is 16.3. The Kier molecular flexibility index (Phi) is 7.47. The maximum Gasteiger partial charge on any atom is 0.407 e. The molecule has 0 bridgehead atoms. The van der Waals surface area contributed by atoms with Gasteiger partial charge in [-0.25, -0.2) is 4.79 Å². The van der Waals surface area contributed by atoms with E-state index in [2.05, 4.69) is 5.32 Å². The average molecular weight is 376 g/mol. The predicted molar refractivity (Wildman–Crippen MR) is 98.9 cm³/mol. The van der Waals surface area contributed by atoms with E-state index in [0.717, 1.165) is 31.5 Å². The van der Waals surface area contributed by atoms with E-state index in [1.807, 2.05) is 35.2 Å². The predicted octanol–water partition coefficient (Wildman–Crippen LogP) is 2.30. The molecule has 0 aromatic heterocycles.